The van der Waals surface area contributed by atoms with E-state index in [-0.39, 0.29) is 12.1 Å². The Morgan fingerprint density at radius 3 is 2.66 bits per heavy atom. The van der Waals surface area contributed by atoms with E-state index < -0.39 is 17.7 Å². The Bertz CT molecular complexity index is 1310. The monoisotopic (exact) mass is 435 g/mol. The van der Waals surface area contributed by atoms with Crippen LogP contribution in [0.4, 0.5) is 8.78 Å². The largest absolute Gasteiger partial charge is 0.497 e. The van der Waals surface area contributed by atoms with Crippen molar-refractivity contribution in [2.75, 3.05) is 7.11 Å². The van der Waals surface area contributed by atoms with Crippen molar-refractivity contribution < 1.29 is 23.0 Å². The quantitative estimate of drug-likeness (QED) is 0.434. The van der Waals surface area contributed by atoms with Crippen molar-refractivity contribution in [2.24, 2.45) is 0 Å². The second-order valence-corrected chi connectivity index (χ2v) is 6.98. The Morgan fingerprint density at radius 2 is 1.84 bits per heavy atom. The fourth-order valence-electron chi connectivity index (χ4n) is 3.27. The Balaban J connectivity index is 1.57. The molecule has 0 atom stereocenters. The smallest absolute Gasteiger partial charge is 0.251 e. The number of halogens is 2. The summed E-state index contributed by atoms with van der Waals surface area (Å²) in [7, 11) is 1.58. The van der Waals surface area contributed by atoms with Crippen molar-refractivity contribution in [1.29, 1.82) is 0 Å². The minimum absolute atomic E-state index is 0.00888. The molecule has 162 valence electrons. The van der Waals surface area contributed by atoms with Gasteiger partial charge in [0.25, 0.3) is 5.91 Å². The van der Waals surface area contributed by atoms with Gasteiger partial charge in [0, 0.05) is 47.1 Å². The first-order chi connectivity index (χ1) is 15.5. The first-order valence-corrected chi connectivity index (χ1v) is 9.75. The summed E-state index contributed by atoms with van der Waals surface area (Å²) in [5.74, 6) is -0.973. The topological polar surface area (TPSA) is 73.3 Å². The number of amides is 1. The standard InChI is InChI=1S/C24H19F2N3O3/c1-14-17(24(30)29-13-15-8-10-28-23(26)22(15)25)4-3-5-20(14)32-21-9-11-27-19-12-16(31-2)6-7-18(19)21/h3-12H,13H2,1-2H3,(H,29,30). The van der Waals surface area contributed by atoms with Gasteiger partial charge >= 0.3 is 0 Å². The Labute approximate surface area is 182 Å². The highest BCUT2D eigenvalue weighted by Gasteiger charge is 2.16. The van der Waals surface area contributed by atoms with Gasteiger partial charge < -0.3 is 14.8 Å². The summed E-state index contributed by atoms with van der Waals surface area (Å²) in [5, 5.41) is 3.39. The number of hydrogen-bond donors (Lipinski definition) is 1. The molecule has 0 aliphatic carbocycles. The van der Waals surface area contributed by atoms with E-state index >= 15 is 0 Å². The maximum absolute atomic E-state index is 13.8. The third kappa shape index (κ3) is 4.20. The SMILES string of the molecule is COc1ccc2c(Oc3cccc(C(=O)NCc4ccnc(F)c4F)c3C)ccnc2c1. The number of aromatic nitrogens is 2. The van der Waals surface area contributed by atoms with Crippen LogP contribution in [-0.4, -0.2) is 23.0 Å². The number of fused-ring (bicyclic) bond motifs is 1. The average Bonchev–Trinajstić information content (AvgIpc) is 2.81. The highest BCUT2D eigenvalue weighted by atomic mass is 19.2. The molecule has 0 bridgehead atoms. The van der Waals surface area contributed by atoms with Crippen LogP contribution in [-0.2, 0) is 6.54 Å². The predicted octanol–water partition coefficient (Wildman–Crippen LogP) is 4.95. The first kappa shape index (κ1) is 21.2. The van der Waals surface area contributed by atoms with Crippen LogP contribution >= 0.6 is 0 Å². The van der Waals surface area contributed by atoms with Crippen LogP contribution in [0.3, 0.4) is 0 Å². The molecule has 0 unspecified atom stereocenters. The zero-order valence-electron chi connectivity index (χ0n) is 17.4. The molecule has 2 heterocycles. The lowest BCUT2D eigenvalue weighted by Crippen LogP contribution is -2.24. The summed E-state index contributed by atoms with van der Waals surface area (Å²) in [6.45, 7) is 1.58. The first-order valence-electron chi connectivity index (χ1n) is 9.75. The molecule has 0 aliphatic heterocycles. The second kappa shape index (κ2) is 8.97. The second-order valence-electron chi connectivity index (χ2n) is 6.98. The summed E-state index contributed by atoms with van der Waals surface area (Å²) in [6.07, 6.45) is 2.78. The minimum atomic E-state index is -1.20. The summed E-state index contributed by atoms with van der Waals surface area (Å²) >= 11 is 0. The van der Waals surface area contributed by atoms with Gasteiger partial charge in [0.05, 0.1) is 12.6 Å². The summed E-state index contributed by atoms with van der Waals surface area (Å²) in [4.78, 5) is 20.3. The van der Waals surface area contributed by atoms with Gasteiger partial charge in [0.1, 0.15) is 17.2 Å². The molecule has 1 amide bonds. The molecule has 32 heavy (non-hydrogen) atoms. The maximum Gasteiger partial charge on any atom is 0.251 e. The van der Waals surface area contributed by atoms with Gasteiger partial charge in [0.15, 0.2) is 5.82 Å². The van der Waals surface area contributed by atoms with Gasteiger partial charge in [-0.05, 0) is 43.3 Å². The molecule has 0 aliphatic rings. The molecular weight excluding hydrogens is 416 g/mol. The van der Waals surface area contributed by atoms with Crippen molar-refractivity contribution in [1.82, 2.24) is 15.3 Å². The maximum atomic E-state index is 13.8. The third-order valence-corrected chi connectivity index (χ3v) is 5.02. The number of rotatable bonds is 6. The van der Waals surface area contributed by atoms with Crippen molar-refractivity contribution in [3.63, 3.8) is 0 Å². The summed E-state index contributed by atoms with van der Waals surface area (Å²) in [6, 6.07) is 13.6. The van der Waals surface area contributed by atoms with Crippen LogP contribution in [0.25, 0.3) is 10.9 Å². The number of carbonyl (C=O) groups is 1. The molecular formula is C24H19F2N3O3. The van der Waals surface area contributed by atoms with E-state index in [0.717, 1.165) is 11.6 Å². The Hall–Kier alpha value is -4.07. The molecule has 4 rings (SSSR count). The zero-order chi connectivity index (χ0) is 22.7. The third-order valence-electron chi connectivity index (χ3n) is 5.02. The van der Waals surface area contributed by atoms with Crippen LogP contribution in [0.5, 0.6) is 17.2 Å². The molecule has 8 heteroatoms. The van der Waals surface area contributed by atoms with Crippen LogP contribution in [0.1, 0.15) is 21.5 Å². The van der Waals surface area contributed by atoms with E-state index in [4.69, 9.17) is 9.47 Å². The molecule has 0 saturated carbocycles. The number of carbonyl (C=O) groups excluding carboxylic acids is 1. The van der Waals surface area contributed by atoms with Crippen LogP contribution in [0.2, 0.25) is 0 Å². The van der Waals surface area contributed by atoms with Gasteiger partial charge in [0.2, 0.25) is 5.95 Å². The zero-order valence-corrected chi connectivity index (χ0v) is 17.4. The van der Waals surface area contributed by atoms with E-state index in [1.54, 1.807) is 50.6 Å². The number of hydrogen-bond acceptors (Lipinski definition) is 5. The van der Waals surface area contributed by atoms with Gasteiger partial charge in [-0.3, -0.25) is 9.78 Å². The molecule has 4 aromatic rings. The van der Waals surface area contributed by atoms with Crippen molar-refractivity contribution >= 4 is 16.8 Å². The fraction of sp³-hybridized carbons (Fsp3) is 0.125. The minimum Gasteiger partial charge on any atom is -0.497 e. The molecule has 6 nitrogen and oxygen atoms in total. The fourth-order valence-corrected chi connectivity index (χ4v) is 3.27. The number of nitrogens with one attached hydrogen (secondary N) is 1. The average molecular weight is 435 g/mol. The van der Waals surface area contributed by atoms with E-state index in [9.17, 15) is 13.6 Å². The number of pyridine rings is 2. The van der Waals surface area contributed by atoms with Crippen molar-refractivity contribution in [3.8, 4) is 17.2 Å². The number of benzene rings is 2. The number of methoxy groups -OCH3 is 1. The van der Waals surface area contributed by atoms with Crippen LogP contribution in [0, 0.1) is 18.7 Å². The van der Waals surface area contributed by atoms with E-state index in [2.05, 4.69) is 15.3 Å². The van der Waals surface area contributed by atoms with Crippen molar-refractivity contribution in [3.05, 3.63) is 89.4 Å². The highest BCUT2D eigenvalue weighted by molar-refractivity contribution is 5.96. The number of nitrogens with zero attached hydrogens (tertiary/aromatic N) is 2. The predicted molar refractivity (Wildman–Crippen MR) is 115 cm³/mol. The van der Waals surface area contributed by atoms with Gasteiger partial charge in [-0.25, -0.2) is 9.37 Å². The van der Waals surface area contributed by atoms with Gasteiger partial charge in [-0.2, -0.15) is 4.39 Å². The lowest BCUT2D eigenvalue weighted by molar-refractivity contribution is 0.0949. The lowest BCUT2D eigenvalue weighted by Gasteiger charge is -2.14. The Morgan fingerprint density at radius 1 is 1.03 bits per heavy atom. The van der Waals surface area contributed by atoms with E-state index in [0.29, 0.717) is 33.9 Å². The molecule has 2 aromatic carbocycles. The van der Waals surface area contributed by atoms with Crippen LogP contribution in [0.15, 0.2) is 60.9 Å². The number of ether oxygens (including phenoxy) is 2. The molecule has 1 N–H and O–H groups in total. The Kier molecular flexibility index (Phi) is 5.93. The molecule has 0 spiro atoms. The van der Waals surface area contributed by atoms with Crippen molar-refractivity contribution in [2.45, 2.75) is 13.5 Å². The lowest BCUT2D eigenvalue weighted by atomic mass is 10.1. The molecule has 0 saturated heterocycles. The molecule has 0 fully saturated rings. The van der Waals surface area contributed by atoms with E-state index in [1.165, 1.54) is 6.07 Å². The van der Waals surface area contributed by atoms with Gasteiger partial charge in [-0.15, -0.1) is 0 Å². The highest BCUT2D eigenvalue weighted by Crippen LogP contribution is 2.33. The van der Waals surface area contributed by atoms with E-state index in [1.807, 2.05) is 12.1 Å². The van der Waals surface area contributed by atoms with Gasteiger partial charge in [-0.1, -0.05) is 6.07 Å². The summed E-state index contributed by atoms with van der Waals surface area (Å²) in [5.41, 5.74) is 1.68. The molecule has 0 radical (unpaired) electrons. The summed E-state index contributed by atoms with van der Waals surface area (Å²) < 4.78 is 38.4. The normalized spacial score (nSPS) is 10.8. The van der Waals surface area contributed by atoms with Crippen LogP contribution < -0.4 is 14.8 Å². The molecule has 2 aromatic heterocycles.